The minimum atomic E-state index is -3.66. The van der Waals surface area contributed by atoms with E-state index in [-0.39, 0.29) is 22.4 Å². The van der Waals surface area contributed by atoms with Gasteiger partial charge in [0.15, 0.2) is 5.82 Å². The molecule has 2 aromatic heterocycles. The molecule has 0 bridgehead atoms. The van der Waals surface area contributed by atoms with Crippen LogP contribution in [0.2, 0.25) is 0 Å². The number of aromatic nitrogens is 4. The second-order valence-electron chi connectivity index (χ2n) is 8.81. The fourth-order valence-electron chi connectivity index (χ4n) is 4.68. The Morgan fingerprint density at radius 3 is 2.55 bits per heavy atom. The molecule has 5 rings (SSSR count). The van der Waals surface area contributed by atoms with Gasteiger partial charge in [0, 0.05) is 17.1 Å². The molecule has 0 fully saturated rings. The summed E-state index contributed by atoms with van der Waals surface area (Å²) in [5.41, 5.74) is 1.90. The van der Waals surface area contributed by atoms with Gasteiger partial charge in [0.05, 0.1) is 28.2 Å². The molecule has 0 amide bonds. The molecule has 1 aliphatic rings. The molecule has 0 atom stereocenters. The molecule has 1 aliphatic heterocycles. The van der Waals surface area contributed by atoms with E-state index in [1.807, 2.05) is 25.3 Å². The molecule has 7 nitrogen and oxygen atoms in total. The zero-order chi connectivity index (χ0) is 23.9. The zero-order valence-electron chi connectivity index (χ0n) is 18.9. The van der Waals surface area contributed by atoms with Gasteiger partial charge in [-0.05, 0) is 70.0 Å². The summed E-state index contributed by atoms with van der Waals surface area (Å²) in [7, 11) is -3.66. The average molecular weight is 472 g/mol. The quantitative estimate of drug-likeness (QED) is 0.471. The number of benzene rings is 2. The Labute approximate surface area is 190 Å². The van der Waals surface area contributed by atoms with Crippen molar-refractivity contribution in [3.8, 4) is 16.8 Å². The summed E-state index contributed by atoms with van der Waals surface area (Å²) >= 11 is 0. The van der Waals surface area contributed by atoms with Gasteiger partial charge in [-0.2, -0.15) is 0 Å². The molecular weight excluding hydrogens is 448 g/mol. The summed E-state index contributed by atoms with van der Waals surface area (Å²) in [4.78, 5) is 0. The summed E-state index contributed by atoms with van der Waals surface area (Å²) < 4.78 is 58.3. The first-order valence-corrected chi connectivity index (χ1v) is 12.2. The Hall–Kier alpha value is -3.27. The van der Waals surface area contributed by atoms with Crippen LogP contribution in [0.15, 0.2) is 30.5 Å². The SMILES string of the molecule is CCS(=O)(=O)n1ccc2c(-c3c(F)cc4c(c3C)-n3c(C)nnc3C(C)(C)N4)cc(F)cc21. The van der Waals surface area contributed by atoms with Crippen molar-refractivity contribution in [1.82, 2.24) is 18.7 Å². The van der Waals surface area contributed by atoms with Gasteiger partial charge in [0.25, 0.3) is 0 Å². The molecular formula is C23H23F2N5O2S. The number of aryl methyl sites for hydroxylation is 1. The summed E-state index contributed by atoms with van der Waals surface area (Å²) in [6.07, 6.45) is 1.38. The van der Waals surface area contributed by atoms with Crippen molar-refractivity contribution in [3.05, 3.63) is 59.3 Å². The fourth-order valence-corrected chi connectivity index (χ4v) is 5.66. The van der Waals surface area contributed by atoms with Crippen LogP contribution < -0.4 is 5.32 Å². The van der Waals surface area contributed by atoms with Crippen molar-refractivity contribution in [2.75, 3.05) is 11.1 Å². The van der Waals surface area contributed by atoms with Gasteiger partial charge < -0.3 is 5.32 Å². The third-order valence-corrected chi connectivity index (χ3v) is 7.87. The van der Waals surface area contributed by atoms with E-state index in [0.29, 0.717) is 34.0 Å². The minimum Gasteiger partial charge on any atom is -0.371 e. The molecule has 0 saturated heterocycles. The Kier molecular flexibility index (Phi) is 4.49. The smallest absolute Gasteiger partial charge is 0.238 e. The third-order valence-electron chi connectivity index (χ3n) is 6.22. The molecule has 0 spiro atoms. The first-order valence-electron chi connectivity index (χ1n) is 10.5. The normalized spacial score (nSPS) is 14.8. The zero-order valence-corrected chi connectivity index (χ0v) is 19.7. The Morgan fingerprint density at radius 2 is 1.85 bits per heavy atom. The minimum absolute atomic E-state index is 0.147. The number of anilines is 1. The van der Waals surface area contributed by atoms with E-state index in [1.165, 1.54) is 25.3 Å². The molecule has 0 unspecified atom stereocenters. The van der Waals surface area contributed by atoms with Gasteiger partial charge in [-0.3, -0.25) is 4.57 Å². The largest absolute Gasteiger partial charge is 0.371 e. The molecule has 0 aliphatic carbocycles. The lowest BCUT2D eigenvalue weighted by Crippen LogP contribution is -2.36. The number of nitrogens with zero attached hydrogens (tertiary/aromatic N) is 4. The van der Waals surface area contributed by atoms with Crippen LogP contribution >= 0.6 is 0 Å². The standard InChI is InChI=1S/C23H23F2N5O2S/c1-6-33(31,32)29-8-7-15-16(9-14(24)10-19(15)29)20-12(2)21-18(11-17(20)25)26-23(4,5)22-28-27-13(3)30(21)22/h7-11,26H,6H2,1-5H3. The van der Waals surface area contributed by atoms with Gasteiger partial charge in [-0.1, -0.05) is 0 Å². The monoisotopic (exact) mass is 471 g/mol. The van der Waals surface area contributed by atoms with Crippen molar-refractivity contribution < 1.29 is 17.2 Å². The van der Waals surface area contributed by atoms with E-state index in [4.69, 9.17) is 0 Å². The van der Waals surface area contributed by atoms with Crippen LogP contribution in [0.25, 0.3) is 27.7 Å². The number of hydrogen-bond acceptors (Lipinski definition) is 5. The fraction of sp³-hybridized carbons (Fsp3) is 0.304. The van der Waals surface area contributed by atoms with Crippen LogP contribution in [0, 0.1) is 25.5 Å². The molecule has 172 valence electrons. The van der Waals surface area contributed by atoms with Crippen LogP contribution in [-0.4, -0.2) is 32.9 Å². The highest BCUT2D eigenvalue weighted by Gasteiger charge is 2.36. The van der Waals surface area contributed by atoms with Gasteiger partial charge in [0.2, 0.25) is 10.0 Å². The van der Waals surface area contributed by atoms with E-state index in [0.717, 1.165) is 10.0 Å². The Morgan fingerprint density at radius 1 is 1.12 bits per heavy atom. The van der Waals surface area contributed by atoms with Crippen LogP contribution in [0.4, 0.5) is 14.5 Å². The molecule has 1 N–H and O–H groups in total. The number of hydrogen-bond donors (Lipinski definition) is 1. The lowest BCUT2D eigenvalue weighted by atomic mass is 9.92. The molecule has 2 aromatic carbocycles. The van der Waals surface area contributed by atoms with Gasteiger partial charge in [0.1, 0.15) is 17.5 Å². The third kappa shape index (κ3) is 3.00. The van der Waals surface area contributed by atoms with Crippen molar-refractivity contribution in [3.63, 3.8) is 0 Å². The van der Waals surface area contributed by atoms with E-state index in [2.05, 4.69) is 15.5 Å². The van der Waals surface area contributed by atoms with E-state index < -0.39 is 27.2 Å². The summed E-state index contributed by atoms with van der Waals surface area (Å²) in [5.74, 6) is -0.0161. The molecule has 4 aromatic rings. The second kappa shape index (κ2) is 6.86. The summed E-state index contributed by atoms with van der Waals surface area (Å²) in [6, 6.07) is 5.36. The summed E-state index contributed by atoms with van der Waals surface area (Å²) in [5, 5.41) is 12.3. The van der Waals surface area contributed by atoms with Crippen molar-refractivity contribution >= 4 is 26.6 Å². The molecule has 0 radical (unpaired) electrons. The van der Waals surface area contributed by atoms with Crippen LogP contribution in [0.3, 0.4) is 0 Å². The summed E-state index contributed by atoms with van der Waals surface area (Å²) in [6.45, 7) is 8.97. The van der Waals surface area contributed by atoms with Gasteiger partial charge in [-0.15, -0.1) is 10.2 Å². The van der Waals surface area contributed by atoms with Crippen LogP contribution in [0.5, 0.6) is 0 Å². The number of halogens is 2. The van der Waals surface area contributed by atoms with Crippen molar-refractivity contribution in [2.45, 2.75) is 40.2 Å². The van der Waals surface area contributed by atoms with Crippen molar-refractivity contribution in [1.29, 1.82) is 0 Å². The first-order chi connectivity index (χ1) is 15.5. The van der Waals surface area contributed by atoms with Crippen molar-refractivity contribution in [2.24, 2.45) is 0 Å². The highest BCUT2D eigenvalue weighted by molar-refractivity contribution is 7.90. The first kappa shape index (κ1) is 21.6. The predicted octanol–water partition coefficient (Wildman–Crippen LogP) is 4.64. The maximum atomic E-state index is 15.6. The van der Waals surface area contributed by atoms with E-state index >= 15 is 4.39 Å². The highest BCUT2D eigenvalue weighted by atomic mass is 32.2. The number of fused-ring (bicyclic) bond motifs is 4. The molecule has 33 heavy (non-hydrogen) atoms. The maximum Gasteiger partial charge on any atom is 0.238 e. The highest BCUT2D eigenvalue weighted by Crippen LogP contribution is 2.44. The molecule has 0 saturated carbocycles. The predicted molar refractivity (Wildman–Crippen MR) is 123 cm³/mol. The Balaban J connectivity index is 1.85. The second-order valence-corrected chi connectivity index (χ2v) is 10.9. The topological polar surface area (TPSA) is 81.8 Å². The van der Waals surface area contributed by atoms with Crippen LogP contribution in [0.1, 0.15) is 38.0 Å². The van der Waals surface area contributed by atoms with E-state index in [1.54, 1.807) is 13.0 Å². The number of nitrogens with one attached hydrogen (secondary N) is 1. The van der Waals surface area contributed by atoms with E-state index in [9.17, 15) is 12.8 Å². The lowest BCUT2D eigenvalue weighted by molar-refractivity contribution is 0.532. The number of rotatable bonds is 3. The average Bonchev–Trinajstić information content (AvgIpc) is 3.32. The molecule has 3 heterocycles. The lowest BCUT2D eigenvalue weighted by Gasteiger charge is -2.35. The van der Waals surface area contributed by atoms with Crippen LogP contribution in [-0.2, 0) is 15.6 Å². The van der Waals surface area contributed by atoms with Gasteiger partial charge in [-0.25, -0.2) is 21.2 Å². The van der Waals surface area contributed by atoms with Gasteiger partial charge >= 0.3 is 0 Å². The Bertz CT molecular complexity index is 1570. The maximum absolute atomic E-state index is 15.6. The molecule has 10 heteroatoms.